The molecule has 4 aliphatic rings. The van der Waals surface area contributed by atoms with Gasteiger partial charge in [0.25, 0.3) is 5.91 Å². The van der Waals surface area contributed by atoms with E-state index in [0.717, 1.165) is 33.9 Å². The average molecular weight is 627 g/mol. The van der Waals surface area contributed by atoms with Crippen LogP contribution in [0, 0.1) is 12.8 Å². The zero-order chi connectivity index (χ0) is 32.2. The summed E-state index contributed by atoms with van der Waals surface area (Å²) in [5, 5.41) is 0. The van der Waals surface area contributed by atoms with Crippen molar-refractivity contribution < 1.29 is 23.9 Å². The lowest BCUT2D eigenvalue weighted by Gasteiger charge is -2.38. The molecular formula is C35H42N6O5. The second-order valence-corrected chi connectivity index (χ2v) is 12.4. The maximum Gasteiger partial charge on any atom is 0.319 e. The van der Waals surface area contributed by atoms with Gasteiger partial charge < -0.3 is 29.1 Å². The molecule has 3 aromatic rings. The number of carbonyl (C=O) groups excluding carboxylic acids is 3. The van der Waals surface area contributed by atoms with Crippen LogP contribution in [-0.4, -0.2) is 107 Å². The molecule has 0 spiro atoms. The first kappa shape index (κ1) is 31.3. The third-order valence-electron chi connectivity index (χ3n) is 9.06. The molecule has 11 nitrogen and oxygen atoms in total. The number of hydrogen-bond acceptors (Lipinski definition) is 7. The number of rotatable bonds is 2. The normalized spacial score (nSPS) is 18.8. The van der Waals surface area contributed by atoms with Crippen molar-refractivity contribution in [3.05, 3.63) is 82.9 Å². The molecule has 1 atom stereocenters. The lowest BCUT2D eigenvalue weighted by atomic mass is 9.87. The van der Waals surface area contributed by atoms with Crippen molar-refractivity contribution in [2.24, 2.45) is 5.92 Å². The van der Waals surface area contributed by atoms with E-state index in [0.29, 0.717) is 77.3 Å². The molecule has 0 aliphatic carbocycles. The number of carbonyl (C=O) groups is 3. The number of hydrogen-bond donors (Lipinski definition) is 0. The number of aryl methyl sites for hydroxylation is 1. The van der Waals surface area contributed by atoms with Crippen molar-refractivity contribution in [1.82, 2.24) is 29.6 Å². The Kier molecular flexibility index (Phi) is 9.37. The van der Waals surface area contributed by atoms with Gasteiger partial charge in [-0.1, -0.05) is 18.2 Å². The Morgan fingerprint density at radius 3 is 2.39 bits per heavy atom. The number of benzene rings is 2. The molecule has 4 aliphatic heterocycles. The van der Waals surface area contributed by atoms with Crippen LogP contribution in [0.5, 0.6) is 11.5 Å². The van der Waals surface area contributed by atoms with Crippen molar-refractivity contribution >= 4 is 17.8 Å². The lowest BCUT2D eigenvalue weighted by Crippen LogP contribution is -2.48. The Labute approximate surface area is 270 Å². The molecule has 4 amide bonds. The molecule has 11 heteroatoms. The Bertz CT molecular complexity index is 1570. The first-order chi connectivity index (χ1) is 22.3. The fourth-order valence-corrected chi connectivity index (χ4v) is 6.61. The zero-order valence-electron chi connectivity index (χ0n) is 26.9. The van der Waals surface area contributed by atoms with E-state index in [1.165, 1.54) is 0 Å². The van der Waals surface area contributed by atoms with Crippen molar-refractivity contribution in [3.8, 4) is 11.5 Å². The molecule has 0 saturated carbocycles. The fraction of sp³-hybridized carbons (Fsp3) is 0.457. The van der Waals surface area contributed by atoms with E-state index in [1.807, 2.05) is 58.0 Å². The summed E-state index contributed by atoms with van der Waals surface area (Å²) >= 11 is 0. The molecule has 5 heterocycles. The first-order valence-electron chi connectivity index (χ1n) is 16.1. The molecule has 242 valence electrons. The molecule has 1 fully saturated rings. The number of aromatic nitrogens is 2. The van der Waals surface area contributed by atoms with Crippen LogP contribution in [0.1, 0.15) is 58.2 Å². The van der Waals surface area contributed by atoms with Crippen LogP contribution < -0.4 is 9.47 Å². The smallest absolute Gasteiger partial charge is 0.319 e. The van der Waals surface area contributed by atoms with Crippen LogP contribution in [0.15, 0.2) is 54.9 Å². The van der Waals surface area contributed by atoms with Gasteiger partial charge in [0.05, 0.1) is 31.1 Å². The van der Waals surface area contributed by atoms with E-state index < -0.39 is 0 Å². The van der Waals surface area contributed by atoms with Gasteiger partial charge in [-0.25, -0.2) is 9.78 Å². The fourth-order valence-electron chi connectivity index (χ4n) is 6.61. The van der Waals surface area contributed by atoms with Gasteiger partial charge >= 0.3 is 6.03 Å². The van der Waals surface area contributed by atoms with Crippen LogP contribution >= 0.6 is 0 Å². The number of likely N-dealkylation sites (tertiary alicyclic amines) is 1. The van der Waals surface area contributed by atoms with Gasteiger partial charge in [-0.15, -0.1) is 0 Å². The molecule has 2 aromatic carbocycles. The highest BCUT2D eigenvalue weighted by Gasteiger charge is 2.34. The van der Waals surface area contributed by atoms with Crippen LogP contribution in [-0.2, 0) is 11.2 Å². The largest absolute Gasteiger partial charge is 0.494 e. The number of urea groups is 1. The van der Waals surface area contributed by atoms with Crippen molar-refractivity contribution in [1.29, 1.82) is 0 Å². The molecular weight excluding hydrogens is 584 g/mol. The molecule has 0 N–H and O–H groups in total. The van der Waals surface area contributed by atoms with E-state index in [4.69, 9.17) is 9.47 Å². The van der Waals surface area contributed by atoms with Gasteiger partial charge in [0.1, 0.15) is 23.8 Å². The maximum atomic E-state index is 13.8. The van der Waals surface area contributed by atoms with Crippen molar-refractivity contribution in [2.45, 2.75) is 38.6 Å². The maximum absolute atomic E-state index is 13.8. The highest BCUT2D eigenvalue weighted by atomic mass is 16.5. The first-order valence-corrected chi connectivity index (χ1v) is 16.1. The summed E-state index contributed by atoms with van der Waals surface area (Å²) in [4.78, 5) is 55.7. The standard InChI is InChI=1S/C35H42N6O5/c1-24-22-37-31(23-36-24)34(43)41-16-12-26-20-29-8-9-30(26)32(41)27-6-4-7-28(21-27)45-18-5-13-39(17-19-46-29)33(42)25-10-14-40(15-11-25)35(44)38(2)3/h4,6-9,20-23,25,32H,5,10-19H2,1-3H3. The minimum absolute atomic E-state index is 0.0122. The number of amides is 4. The quantitative estimate of drug-likeness (QED) is 0.424. The van der Waals surface area contributed by atoms with Gasteiger partial charge in [-0.05, 0) is 73.6 Å². The molecule has 1 aromatic heterocycles. The van der Waals surface area contributed by atoms with Gasteiger partial charge in [0.15, 0.2) is 0 Å². The summed E-state index contributed by atoms with van der Waals surface area (Å²) < 4.78 is 12.4. The van der Waals surface area contributed by atoms with E-state index >= 15 is 0 Å². The summed E-state index contributed by atoms with van der Waals surface area (Å²) in [6.45, 7) is 5.33. The number of piperidine rings is 1. The van der Waals surface area contributed by atoms with Crippen molar-refractivity contribution in [2.75, 3.05) is 60.0 Å². The minimum atomic E-state index is -0.322. The van der Waals surface area contributed by atoms with Crippen molar-refractivity contribution in [3.63, 3.8) is 0 Å². The van der Waals surface area contributed by atoms with Gasteiger partial charge in [0.2, 0.25) is 5.91 Å². The zero-order valence-corrected chi connectivity index (χ0v) is 26.9. The molecule has 1 unspecified atom stereocenters. The average Bonchev–Trinajstić information content (AvgIpc) is 3.08. The van der Waals surface area contributed by atoms with E-state index in [2.05, 4.69) is 16.0 Å². The highest BCUT2D eigenvalue weighted by molar-refractivity contribution is 5.93. The minimum Gasteiger partial charge on any atom is -0.494 e. The third kappa shape index (κ3) is 6.78. The SMILES string of the molecule is Cc1cnc(C(=O)N2CCc3cc4ccc3C2c2cccc(c2)OCCCN(C(=O)C2CCN(C(=O)N(C)C)CC2)CCO4)cn1. The Balaban J connectivity index is 1.22. The van der Waals surface area contributed by atoms with Crippen LogP contribution in [0.25, 0.3) is 0 Å². The predicted octanol–water partition coefficient (Wildman–Crippen LogP) is 3.96. The molecule has 0 radical (unpaired) electrons. The van der Waals surface area contributed by atoms with Gasteiger partial charge in [-0.2, -0.15) is 0 Å². The Hall–Kier alpha value is -4.67. The summed E-state index contributed by atoms with van der Waals surface area (Å²) in [5.41, 5.74) is 4.18. The topological polar surface area (TPSA) is 108 Å². The summed E-state index contributed by atoms with van der Waals surface area (Å²) in [5.74, 6) is 1.29. The number of ether oxygens (including phenoxy) is 2. The summed E-state index contributed by atoms with van der Waals surface area (Å²) in [6, 6.07) is 13.6. The summed E-state index contributed by atoms with van der Waals surface area (Å²) in [6.07, 6.45) is 5.80. The van der Waals surface area contributed by atoms with Crippen LogP contribution in [0.3, 0.4) is 0 Å². The second-order valence-electron chi connectivity index (χ2n) is 12.4. The molecule has 7 rings (SSSR count). The predicted molar refractivity (Wildman–Crippen MR) is 172 cm³/mol. The van der Waals surface area contributed by atoms with Crippen LogP contribution in [0.2, 0.25) is 0 Å². The second kappa shape index (κ2) is 13.8. The Morgan fingerprint density at radius 1 is 0.848 bits per heavy atom. The highest BCUT2D eigenvalue weighted by Crippen LogP contribution is 2.38. The van der Waals surface area contributed by atoms with Gasteiger partial charge in [-0.3, -0.25) is 14.6 Å². The molecule has 46 heavy (non-hydrogen) atoms. The van der Waals surface area contributed by atoms with Gasteiger partial charge in [0, 0.05) is 52.4 Å². The van der Waals surface area contributed by atoms with E-state index in [9.17, 15) is 14.4 Å². The number of nitrogens with zero attached hydrogens (tertiary/aromatic N) is 6. The van der Waals surface area contributed by atoms with E-state index in [-0.39, 0.29) is 29.8 Å². The monoisotopic (exact) mass is 626 g/mol. The Morgan fingerprint density at radius 2 is 1.63 bits per heavy atom. The number of fused-ring (bicyclic) bond motifs is 8. The molecule has 1 saturated heterocycles. The molecule has 6 bridgehead atoms. The third-order valence-corrected chi connectivity index (χ3v) is 9.06. The lowest BCUT2D eigenvalue weighted by molar-refractivity contribution is -0.137. The van der Waals surface area contributed by atoms with E-state index in [1.54, 1.807) is 31.4 Å². The summed E-state index contributed by atoms with van der Waals surface area (Å²) in [7, 11) is 3.50. The van der Waals surface area contributed by atoms with Crippen LogP contribution in [0.4, 0.5) is 4.79 Å².